The van der Waals surface area contributed by atoms with Crippen LogP contribution in [0.3, 0.4) is 0 Å². The first-order valence-corrected chi connectivity index (χ1v) is 12.3. The lowest BCUT2D eigenvalue weighted by molar-refractivity contribution is -0.123. The van der Waals surface area contributed by atoms with Gasteiger partial charge in [-0.05, 0) is 94.6 Å². The smallest absolute Gasteiger partial charge is 0.230 e. The molecule has 4 fully saturated rings. The lowest BCUT2D eigenvalue weighted by Crippen LogP contribution is -2.56. The molecule has 1 aromatic heterocycles. The fourth-order valence-corrected chi connectivity index (χ4v) is 7.51. The Morgan fingerprint density at radius 3 is 2.30 bits per heavy atom. The third-order valence-corrected chi connectivity index (χ3v) is 8.73. The second-order valence-electron chi connectivity index (χ2n) is 10.1. The van der Waals surface area contributed by atoms with Crippen molar-refractivity contribution in [3.63, 3.8) is 0 Å². The minimum Gasteiger partial charge on any atom is -0.352 e. The molecule has 1 N–H and O–H groups in total. The standard InChI is InChI=1S/C24H32N4OS/c1-15-4-6-21(7-5-15)28-17(3)26-27-23(28)30-14-22(29)25-16(2)24-11-18-8-19(12-24)10-20(9-18)13-24/h4-7,16,18-20H,8-14H2,1-3H3,(H,25,29). The summed E-state index contributed by atoms with van der Waals surface area (Å²) in [6, 6.07) is 8.58. The number of aryl methyl sites for hydroxylation is 2. The number of aromatic nitrogens is 3. The van der Waals surface area contributed by atoms with E-state index in [1.165, 1.54) is 55.9 Å². The fraction of sp³-hybridized carbons (Fsp3) is 0.625. The second-order valence-corrected chi connectivity index (χ2v) is 11.0. The summed E-state index contributed by atoms with van der Waals surface area (Å²) >= 11 is 1.47. The Morgan fingerprint density at radius 2 is 1.70 bits per heavy atom. The van der Waals surface area contributed by atoms with Crippen LogP contribution in [0.2, 0.25) is 0 Å². The molecule has 2 aromatic rings. The van der Waals surface area contributed by atoms with Gasteiger partial charge in [-0.2, -0.15) is 0 Å². The molecule has 6 rings (SSSR count). The summed E-state index contributed by atoms with van der Waals surface area (Å²) in [4.78, 5) is 12.8. The van der Waals surface area contributed by atoms with Crippen molar-refractivity contribution >= 4 is 17.7 Å². The molecule has 4 bridgehead atoms. The maximum absolute atomic E-state index is 12.8. The van der Waals surface area contributed by atoms with Gasteiger partial charge in [-0.1, -0.05) is 29.5 Å². The summed E-state index contributed by atoms with van der Waals surface area (Å²) in [6.45, 7) is 6.27. The fourth-order valence-electron chi connectivity index (χ4n) is 6.70. The highest BCUT2D eigenvalue weighted by molar-refractivity contribution is 7.99. The Kier molecular flexibility index (Phi) is 5.16. The molecule has 1 heterocycles. The van der Waals surface area contributed by atoms with Gasteiger partial charge in [-0.15, -0.1) is 10.2 Å². The number of nitrogens with zero attached hydrogens (tertiary/aromatic N) is 3. The molecule has 5 nitrogen and oxygen atoms in total. The van der Waals surface area contributed by atoms with E-state index in [1.807, 2.05) is 11.5 Å². The third kappa shape index (κ3) is 3.68. The number of hydrogen-bond acceptors (Lipinski definition) is 4. The Morgan fingerprint density at radius 1 is 1.10 bits per heavy atom. The van der Waals surface area contributed by atoms with Crippen LogP contribution in [0, 0.1) is 37.0 Å². The van der Waals surface area contributed by atoms with Crippen LogP contribution < -0.4 is 5.32 Å². The zero-order chi connectivity index (χ0) is 20.9. The van der Waals surface area contributed by atoms with E-state index in [0.717, 1.165) is 34.4 Å². The first-order chi connectivity index (χ1) is 14.4. The van der Waals surface area contributed by atoms with E-state index in [-0.39, 0.29) is 11.9 Å². The number of carbonyl (C=O) groups excluding carboxylic acids is 1. The zero-order valence-corrected chi connectivity index (χ0v) is 19.0. The first-order valence-electron chi connectivity index (χ1n) is 11.3. The maximum atomic E-state index is 12.8. The van der Waals surface area contributed by atoms with E-state index >= 15 is 0 Å². The van der Waals surface area contributed by atoms with Crippen molar-refractivity contribution < 1.29 is 4.79 Å². The Hall–Kier alpha value is -1.82. The summed E-state index contributed by atoms with van der Waals surface area (Å²) < 4.78 is 2.03. The lowest BCUT2D eigenvalue weighted by atomic mass is 9.48. The van der Waals surface area contributed by atoms with Crippen molar-refractivity contribution in [3.05, 3.63) is 35.7 Å². The molecule has 0 saturated heterocycles. The van der Waals surface area contributed by atoms with Crippen LogP contribution in [0.5, 0.6) is 0 Å². The van der Waals surface area contributed by atoms with Gasteiger partial charge in [0.1, 0.15) is 5.82 Å². The average molecular weight is 425 g/mol. The summed E-state index contributed by atoms with van der Waals surface area (Å²) in [5.41, 5.74) is 2.60. The number of hydrogen-bond donors (Lipinski definition) is 1. The molecule has 1 unspecified atom stereocenters. The molecule has 1 amide bonds. The number of benzene rings is 1. The number of carbonyl (C=O) groups is 1. The molecule has 0 aliphatic heterocycles. The molecule has 0 spiro atoms. The van der Waals surface area contributed by atoms with Crippen LogP contribution in [0.25, 0.3) is 5.69 Å². The Bertz CT molecular complexity index is 900. The molecule has 0 radical (unpaired) electrons. The van der Waals surface area contributed by atoms with E-state index in [1.54, 1.807) is 0 Å². The molecule has 4 saturated carbocycles. The van der Waals surface area contributed by atoms with Crippen molar-refractivity contribution in [1.82, 2.24) is 20.1 Å². The molecular formula is C24H32N4OS. The van der Waals surface area contributed by atoms with Gasteiger partial charge in [0.05, 0.1) is 5.75 Å². The van der Waals surface area contributed by atoms with E-state index in [4.69, 9.17) is 0 Å². The van der Waals surface area contributed by atoms with Crippen LogP contribution in [0.4, 0.5) is 0 Å². The number of thioether (sulfide) groups is 1. The maximum Gasteiger partial charge on any atom is 0.230 e. The topological polar surface area (TPSA) is 59.8 Å². The molecule has 1 aromatic carbocycles. The van der Waals surface area contributed by atoms with Crippen molar-refractivity contribution in [3.8, 4) is 5.69 Å². The minimum atomic E-state index is 0.111. The van der Waals surface area contributed by atoms with Crippen LogP contribution in [-0.2, 0) is 4.79 Å². The minimum absolute atomic E-state index is 0.111. The van der Waals surface area contributed by atoms with Gasteiger partial charge in [0.2, 0.25) is 5.91 Å². The summed E-state index contributed by atoms with van der Waals surface area (Å²) in [5.74, 6) is 4.03. The summed E-state index contributed by atoms with van der Waals surface area (Å²) in [6.07, 6.45) is 8.25. The molecular weight excluding hydrogens is 392 g/mol. The number of amides is 1. The SMILES string of the molecule is Cc1ccc(-n2c(C)nnc2SCC(=O)NC(C)C23CC4CC(CC(C4)C2)C3)cc1. The van der Waals surface area contributed by atoms with Gasteiger partial charge >= 0.3 is 0 Å². The van der Waals surface area contributed by atoms with Crippen molar-refractivity contribution in [1.29, 1.82) is 0 Å². The Labute approximate surface area is 183 Å². The first kappa shape index (κ1) is 20.1. The van der Waals surface area contributed by atoms with Crippen LogP contribution in [0.15, 0.2) is 29.4 Å². The van der Waals surface area contributed by atoms with Gasteiger partial charge in [-0.25, -0.2) is 0 Å². The predicted molar refractivity (Wildman–Crippen MR) is 120 cm³/mol. The number of nitrogens with one attached hydrogen (secondary N) is 1. The van der Waals surface area contributed by atoms with Crippen molar-refractivity contribution in [2.45, 2.75) is 70.5 Å². The molecule has 4 aliphatic carbocycles. The van der Waals surface area contributed by atoms with Crippen LogP contribution in [-0.4, -0.2) is 32.5 Å². The quantitative estimate of drug-likeness (QED) is 0.683. The molecule has 1 atom stereocenters. The summed E-state index contributed by atoms with van der Waals surface area (Å²) in [7, 11) is 0. The van der Waals surface area contributed by atoms with Crippen molar-refractivity contribution in [2.75, 3.05) is 5.75 Å². The van der Waals surface area contributed by atoms with E-state index in [9.17, 15) is 4.79 Å². The molecule has 4 aliphatic rings. The number of rotatable bonds is 6. The predicted octanol–water partition coefficient (Wildman–Crippen LogP) is 4.70. The third-order valence-electron chi connectivity index (χ3n) is 7.80. The highest BCUT2D eigenvalue weighted by atomic mass is 32.2. The zero-order valence-electron chi connectivity index (χ0n) is 18.2. The van der Waals surface area contributed by atoms with Crippen LogP contribution >= 0.6 is 11.8 Å². The molecule has 160 valence electrons. The van der Waals surface area contributed by atoms with Crippen molar-refractivity contribution in [2.24, 2.45) is 23.2 Å². The van der Waals surface area contributed by atoms with Gasteiger partial charge in [0, 0.05) is 11.7 Å². The highest BCUT2D eigenvalue weighted by Crippen LogP contribution is 2.61. The van der Waals surface area contributed by atoms with Gasteiger partial charge < -0.3 is 5.32 Å². The summed E-state index contributed by atoms with van der Waals surface area (Å²) in [5, 5.41) is 12.7. The monoisotopic (exact) mass is 424 g/mol. The molecule has 6 heteroatoms. The van der Waals surface area contributed by atoms with E-state index in [0.29, 0.717) is 11.2 Å². The second kappa shape index (κ2) is 7.70. The highest BCUT2D eigenvalue weighted by Gasteiger charge is 2.53. The van der Waals surface area contributed by atoms with E-state index in [2.05, 4.69) is 53.6 Å². The Balaban J connectivity index is 1.23. The van der Waals surface area contributed by atoms with Gasteiger partial charge in [0.15, 0.2) is 5.16 Å². The normalized spacial score (nSPS) is 30.4. The van der Waals surface area contributed by atoms with Gasteiger partial charge in [0.25, 0.3) is 0 Å². The van der Waals surface area contributed by atoms with Crippen LogP contribution in [0.1, 0.15) is 56.8 Å². The lowest BCUT2D eigenvalue weighted by Gasteiger charge is -2.59. The largest absolute Gasteiger partial charge is 0.352 e. The molecule has 30 heavy (non-hydrogen) atoms. The average Bonchev–Trinajstić information content (AvgIpc) is 3.06. The van der Waals surface area contributed by atoms with Gasteiger partial charge in [-0.3, -0.25) is 9.36 Å². The van der Waals surface area contributed by atoms with E-state index < -0.39 is 0 Å².